The molecule has 0 heterocycles. The fraction of sp³-hybridized carbons (Fsp3) is 0.900. The van der Waals surface area contributed by atoms with Crippen LogP contribution in [0.2, 0.25) is 0 Å². The first kappa shape index (κ1) is 4.64. The van der Waals surface area contributed by atoms with Gasteiger partial charge in [0, 0.05) is 5.41 Å². The summed E-state index contributed by atoms with van der Waals surface area (Å²) < 4.78 is 0. The van der Waals surface area contributed by atoms with Crippen molar-refractivity contribution < 1.29 is 4.79 Å². The smallest absolute Gasteiger partial charge is 0.127 e. The molecule has 0 spiro atoms. The van der Waals surface area contributed by atoms with Gasteiger partial charge in [-0.15, -0.1) is 0 Å². The van der Waals surface area contributed by atoms with Crippen LogP contribution in [0.25, 0.3) is 0 Å². The maximum absolute atomic E-state index is 10.9. The fourth-order valence-corrected chi connectivity index (χ4v) is 6.22. The van der Waals surface area contributed by atoms with Crippen molar-refractivity contribution in [1.29, 1.82) is 0 Å². The lowest BCUT2D eigenvalue weighted by molar-refractivity contribution is -0.420. The van der Waals surface area contributed by atoms with E-state index in [2.05, 4.69) is 0 Å². The Morgan fingerprint density at radius 3 is 2.36 bits per heavy atom. The largest absolute Gasteiger partial charge is 0.303 e. The topological polar surface area (TPSA) is 17.1 Å². The van der Waals surface area contributed by atoms with Gasteiger partial charge in [-0.05, 0) is 47.8 Å². The summed E-state index contributed by atoms with van der Waals surface area (Å²) in [5, 5.41) is 0. The van der Waals surface area contributed by atoms with Gasteiger partial charge in [-0.25, -0.2) is 0 Å². The first-order valence-electron chi connectivity index (χ1n) is 4.87. The molecule has 0 aromatic rings. The van der Waals surface area contributed by atoms with Gasteiger partial charge in [0.2, 0.25) is 0 Å². The molecule has 11 heavy (non-hydrogen) atoms. The quantitative estimate of drug-likeness (QED) is 0.503. The average Bonchev–Trinajstić information content (AvgIpc) is 2.27. The highest BCUT2D eigenvalue weighted by Crippen LogP contribution is 2.99. The predicted octanol–water partition coefficient (Wildman–Crippen LogP) is 0.943. The van der Waals surface area contributed by atoms with Crippen molar-refractivity contribution in [1.82, 2.24) is 0 Å². The van der Waals surface area contributed by atoms with Gasteiger partial charge in [-0.2, -0.15) is 0 Å². The van der Waals surface area contributed by atoms with E-state index in [4.69, 9.17) is 0 Å². The van der Waals surface area contributed by atoms with Crippen LogP contribution >= 0.6 is 0 Å². The molecule has 0 aromatic heterocycles. The number of hydrogen-bond acceptors (Lipinski definition) is 1. The Labute approximate surface area is 65.2 Å². The summed E-state index contributed by atoms with van der Waals surface area (Å²) in [4.78, 5) is 10.9. The Bertz CT molecular complexity index is 284. The Morgan fingerprint density at radius 2 is 1.82 bits per heavy atom. The van der Waals surface area contributed by atoms with E-state index in [1.807, 2.05) is 0 Å². The van der Waals surface area contributed by atoms with Gasteiger partial charge in [-0.1, -0.05) is 0 Å². The van der Waals surface area contributed by atoms with Gasteiger partial charge in [0.15, 0.2) is 0 Å². The van der Waals surface area contributed by atoms with Crippen LogP contribution in [0.15, 0.2) is 0 Å². The summed E-state index contributed by atoms with van der Waals surface area (Å²) in [5.41, 5.74) is 0.312. The van der Waals surface area contributed by atoms with E-state index in [9.17, 15) is 4.79 Å². The van der Waals surface area contributed by atoms with Gasteiger partial charge in [0.05, 0.1) is 0 Å². The Balaban J connectivity index is 1.84. The molecule has 4 atom stereocenters. The van der Waals surface area contributed by atoms with Crippen LogP contribution in [0.3, 0.4) is 0 Å². The summed E-state index contributed by atoms with van der Waals surface area (Å²) in [6.45, 7) is 0. The lowest BCUT2D eigenvalue weighted by atomic mass is 9.13. The molecule has 6 fully saturated rings. The van der Waals surface area contributed by atoms with E-state index in [1.54, 1.807) is 0 Å². The van der Waals surface area contributed by atoms with E-state index in [0.717, 1.165) is 41.4 Å². The molecular formula is C10H10O. The van der Waals surface area contributed by atoms with Gasteiger partial charge in [0.25, 0.3) is 0 Å². The summed E-state index contributed by atoms with van der Waals surface area (Å²) in [7, 11) is 0. The summed E-state index contributed by atoms with van der Waals surface area (Å²) in [6.07, 6.45) is 2.84. The molecule has 0 aliphatic heterocycles. The summed E-state index contributed by atoms with van der Waals surface area (Å²) >= 11 is 0. The standard InChI is InChI=1S/C10H10O/c11-2-10-7-4-1-3-5(7)9(10)6(3)8(4)10/h2-9H,1H2. The summed E-state index contributed by atoms with van der Waals surface area (Å²) in [6, 6.07) is 0. The lowest BCUT2D eigenvalue weighted by Gasteiger charge is -2.89. The minimum absolute atomic E-state index is 0.312. The number of hydrogen-bond donors (Lipinski definition) is 0. The minimum Gasteiger partial charge on any atom is -0.303 e. The molecule has 0 amide bonds. The van der Waals surface area contributed by atoms with Crippen LogP contribution in [0.4, 0.5) is 0 Å². The van der Waals surface area contributed by atoms with Gasteiger partial charge >= 0.3 is 0 Å². The third-order valence-corrected chi connectivity index (χ3v) is 6.05. The van der Waals surface area contributed by atoms with Crippen molar-refractivity contribution >= 4 is 6.29 Å². The number of carbonyl (C=O) groups is 1. The molecule has 2 bridgehead atoms. The first-order chi connectivity index (χ1) is 5.41. The van der Waals surface area contributed by atoms with E-state index < -0.39 is 0 Å². The number of rotatable bonds is 1. The molecule has 1 heteroatoms. The highest BCUT2D eigenvalue weighted by molar-refractivity contribution is 5.73. The molecular weight excluding hydrogens is 136 g/mol. The molecule has 6 rings (SSSR count). The van der Waals surface area contributed by atoms with Crippen LogP contribution in [0.5, 0.6) is 0 Å². The zero-order chi connectivity index (χ0) is 6.96. The normalized spacial score (nSPS) is 89.3. The second kappa shape index (κ2) is 0.884. The van der Waals surface area contributed by atoms with Crippen molar-refractivity contribution in [3.63, 3.8) is 0 Å². The molecule has 6 saturated carbocycles. The van der Waals surface area contributed by atoms with Crippen molar-refractivity contribution in [2.45, 2.75) is 6.42 Å². The number of aldehydes is 1. The monoisotopic (exact) mass is 146 g/mol. The summed E-state index contributed by atoms with van der Waals surface area (Å²) in [5.74, 6) is 6.99. The molecule has 4 unspecified atom stereocenters. The maximum atomic E-state index is 10.9. The van der Waals surface area contributed by atoms with Gasteiger partial charge < -0.3 is 4.79 Å². The van der Waals surface area contributed by atoms with Gasteiger partial charge in [-0.3, -0.25) is 0 Å². The molecule has 56 valence electrons. The van der Waals surface area contributed by atoms with E-state index >= 15 is 0 Å². The molecule has 0 aromatic carbocycles. The van der Waals surface area contributed by atoms with E-state index in [-0.39, 0.29) is 0 Å². The van der Waals surface area contributed by atoms with Crippen LogP contribution in [-0.4, -0.2) is 6.29 Å². The maximum Gasteiger partial charge on any atom is 0.127 e. The third-order valence-electron chi connectivity index (χ3n) is 6.05. The van der Waals surface area contributed by atoms with Crippen molar-refractivity contribution in [3.05, 3.63) is 0 Å². The van der Waals surface area contributed by atoms with E-state index in [1.165, 1.54) is 12.7 Å². The van der Waals surface area contributed by atoms with E-state index in [0.29, 0.717) is 5.41 Å². The number of carbonyl (C=O) groups excluding carboxylic acids is 1. The molecule has 1 nitrogen and oxygen atoms in total. The highest BCUT2D eigenvalue weighted by Gasteiger charge is 2.97. The van der Waals surface area contributed by atoms with Crippen molar-refractivity contribution in [2.24, 2.45) is 46.8 Å². The predicted molar refractivity (Wildman–Crippen MR) is 37.5 cm³/mol. The molecule has 0 radical (unpaired) electrons. The van der Waals surface area contributed by atoms with Crippen LogP contribution in [-0.2, 0) is 4.79 Å². The molecule has 0 saturated heterocycles. The fourth-order valence-electron chi connectivity index (χ4n) is 6.22. The Hall–Kier alpha value is -0.330. The molecule has 0 N–H and O–H groups in total. The lowest BCUT2D eigenvalue weighted by Crippen LogP contribution is -2.89. The Kier molecular flexibility index (Phi) is 0.373. The minimum atomic E-state index is 0.312. The molecule has 6 aliphatic rings. The average molecular weight is 146 g/mol. The second-order valence-corrected chi connectivity index (χ2v) is 5.41. The zero-order valence-corrected chi connectivity index (χ0v) is 6.23. The van der Waals surface area contributed by atoms with Crippen LogP contribution in [0, 0.1) is 46.8 Å². The highest BCUT2D eigenvalue weighted by atomic mass is 16.1. The SMILES string of the molecule is O=CC12C3C4CC5C3C1C5C42. The van der Waals surface area contributed by atoms with Crippen LogP contribution < -0.4 is 0 Å². The Morgan fingerprint density at radius 1 is 1.09 bits per heavy atom. The van der Waals surface area contributed by atoms with Crippen molar-refractivity contribution in [3.8, 4) is 0 Å². The van der Waals surface area contributed by atoms with Gasteiger partial charge in [0.1, 0.15) is 6.29 Å². The molecule has 6 aliphatic carbocycles. The third kappa shape index (κ3) is 0.177. The second-order valence-electron chi connectivity index (χ2n) is 5.41. The van der Waals surface area contributed by atoms with Crippen molar-refractivity contribution in [2.75, 3.05) is 0 Å². The first-order valence-corrected chi connectivity index (χ1v) is 4.87. The van der Waals surface area contributed by atoms with Crippen LogP contribution in [0.1, 0.15) is 6.42 Å². The zero-order valence-electron chi connectivity index (χ0n) is 6.23.